The molecule has 1 aliphatic carbocycles. The zero-order valence-corrected chi connectivity index (χ0v) is 19.6. The summed E-state index contributed by atoms with van der Waals surface area (Å²) in [5.41, 5.74) is 3.51. The maximum Gasteiger partial charge on any atom is 0.325 e. The lowest BCUT2D eigenvalue weighted by atomic mass is 9.92. The number of hydrogen-bond donors (Lipinski definition) is 2. The fourth-order valence-electron chi connectivity index (χ4n) is 4.95. The number of carbonyl (C=O) groups is 3. The van der Waals surface area contributed by atoms with Gasteiger partial charge in [0.1, 0.15) is 12.1 Å². The molecule has 35 heavy (non-hydrogen) atoms. The summed E-state index contributed by atoms with van der Waals surface area (Å²) in [5.74, 6) is -0.787. The maximum atomic E-state index is 13.2. The number of fused-ring (bicyclic) bond motifs is 3. The van der Waals surface area contributed by atoms with Gasteiger partial charge in [-0.15, -0.1) is 11.3 Å². The Balaban J connectivity index is 1.10. The Bertz CT molecular complexity index is 1450. The molecule has 6 rings (SSSR count). The van der Waals surface area contributed by atoms with Gasteiger partial charge in [-0.2, -0.15) is 0 Å². The molecule has 2 heterocycles. The number of anilines is 1. The van der Waals surface area contributed by atoms with Crippen LogP contribution in [0.2, 0.25) is 0 Å². The summed E-state index contributed by atoms with van der Waals surface area (Å²) in [7, 11) is 0. The third kappa shape index (κ3) is 3.76. The first-order valence-electron chi connectivity index (χ1n) is 11.5. The van der Waals surface area contributed by atoms with Gasteiger partial charge in [0.05, 0.1) is 15.2 Å². The highest BCUT2D eigenvalue weighted by molar-refractivity contribution is 7.18. The molecule has 1 aromatic heterocycles. The third-order valence-corrected chi connectivity index (χ3v) is 7.69. The summed E-state index contributed by atoms with van der Waals surface area (Å²) in [6.07, 6.45) is 1.93. The largest absolute Gasteiger partial charge is 0.325 e. The van der Waals surface area contributed by atoms with Crippen LogP contribution >= 0.6 is 11.3 Å². The second-order valence-corrected chi connectivity index (χ2v) is 10.00. The molecule has 0 bridgehead atoms. The van der Waals surface area contributed by atoms with Gasteiger partial charge < -0.3 is 10.6 Å². The van der Waals surface area contributed by atoms with Crippen LogP contribution in [0.15, 0.2) is 72.8 Å². The number of nitrogens with one attached hydrogen (secondary N) is 2. The lowest BCUT2D eigenvalue weighted by molar-refractivity contribution is -0.134. The molecule has 0 saturated carbocycles. The van der Waals surface area contributed by atoms with Crippen LogP contribution in [0.25, 0.3) is 10.2 Å². The van der Waals surface area contributed by atoms with Gasteiger partial charge in [0, 0.05) is 12.1 Å². The molecule has 0 radical (unpaired) electrons. The fraction of sp³-hybridized carbons (Fsp3) is 0.185. The number of nitrogens with zero attached hydrogens (tertiary/aromatic N) is 2. The summed E-state index contributed by atoms with van der Waals surface area (Å²) in [4.78, 5) is 44.2. The quantitative estimate of drug-likeness (QED) is 0.417. The Kier molecular flexibility index (Phi) is 5.11. The maximum absolute atomic E-state index is 13.2. The van der Waals surface area contributed by atoms with E-state index in [1.54, 1.807) is 11.3 Å². The van der Waals surface area contributed by atoms with Crippen molar-refractivity contribution in [2.24, 2.45) is 0 Å². The topological polar surface area (TPSA) is 91.4 Å². The van der Waals surface area contributed by atoms with E-state index in [0.29, 0.717) is 24.9 Å². The van der Waals surface area contributed by atoms with Crippen molar-refractivity contribution in [1.29, 1.82) is 0 Å². The Hall–Kier alpha value is -4.04. The van der Waals surface area contributed by atoms with Crippen LogP contribution in [-0.4, -0.2) is 34.3 Å². The van der Waals surface area contributed by atoms with E-state index in [2.05, 4.69) is 21.7 Å². The van der Waals surface area contributed by atoms with Crippen molar-refractivity contribution in [3.05, 3.63) is 94.5 Å². The van der Waals surface area contributed by atoms with Crippen LogP contribution in [0, 0.1) is 0 Å². The second-order valence-electron chi connectivity index (χ2n) is 8.88. The average Bonchev–Trinajstić information content (AvgIpc) is 3.51. The number of aryl methyl sites for hydroxylation is 1. The van der Waals surface area contributed by atoms with Gasteiger partial charge in [-0.25, -0.2) is 9.78 Å². The molecule has 1 aliphatic heterocycles. The molecule has 1 fully saturated rings. The van der Waals surface area contributed by atoms with Crippen LogP contribution in [-0.2, 0) is 28.0 Å². The first kappa shape index (κ1) is 21.5. The highest BCUT2D eigenvalue weighted by Crippen LogP contribution is 2.41. The van der Waals surface area contributed by atoms with Crippen LogP contribution in [0.4, 0.5) is 10.5 Å². The van der Waals surface area contributed by atoms with Gasteiger partial charge in [-0.3, -0.25) is 14.5 Å². The van der Waals surface area contributed by atoms with Gasteiger partial charge in [0.2, 0.25) is 5.91 Å². The molecule has 1 atom stereocenters. The summed E-state index contributed by atoms with van der Waals surface area (Å²) in [5, 5.41) is 6.67. The predicted octanol–water partition coefficient (Wildman–Crippen LogP) is 4.22. The fourth-order valence-corrected chi connectivity index (χ4v) is 5.95. The molecule has 4 aromatic rings. The number of para-hydroxylation sites is 1. The smallest absolute Gasteiger partial charge is 0.325 e. The van der Waals surface area contributed by atoms with E-state index >= 15 is 0 Å². The van der Waals surface area contributed by atoms with E-state index in [9.17, 15) is 14.4 Å². The number of aromatic nitrogens is 1. The van der Waals surface area contributed by atoms with Crippen molar-refractivity contribution < 1.29 is 14.4 Å². The van der Waals surface area contributed by atoms with E-state index in [1.807, 2.05) is 66.7 Å². The Labute approximate surface area is 205 Å². The van der Waals surface area contributed by atoms with Gasteiger partial charge in [0.25, 0.3) is 5.91 Å². The minimum absolute atomic E-state index is 0.331. The Morgan fingerprint density at radius 1 is 1.03 bits per heavy atom. The molecule has 2 aliphatic rings. The van der Waals surface area contributed by atoms with E-state index < -0.39 is 17.5 Å². The highest BCUT2D eigenvalue weighted by Gasteiger charge is 2.55. The van der Waals surface area contributed by atoms with E-state index in [4.69, 9.17) is 0 Å². The van der Waals surface area contributed by atoms with E-state index in [1.165, 1.54) is 0 Å². The molecular weight excluding hydrogens is 460 g/mol. The minimum Gasteiger partial charge on any atom is -0.325 e. The van der Waals surface area contributed by atoms with Crippen molar-refractivity contribution in [1.82, 2.24) is 15.2 Å². The van der Waals surface area contributed by atoms with Crippen LogP contribution in [0.1, 0.15) is 28.1 Å². The van der Waals surface area contributed by atoms with Gasteiger partial charge in [-0.05, 0) is 53.8 Å². The van der Waals surface area contributed by atoms with Crippen molar-refractivity contribution in [2.45, 2.75) is 24.8 Å². The summed E-state index contributed by atoms with van der Waals surface area (Å²) >= 11 is 1.67. The monoisotopic (exact) mass is 482 g/mol. The summed E-state index contributed by atoms with van der Waals surface area (Å²) < 4.78 is 1.16. The van der Waals surface area contributed by atoms with E-state index in [-0.39, 0.29) is 12.5 Å². The Morgan fingerprint density at radius 3 is 2.63 bits per heavy atom. The molecule has 2 N–H and O–H groups in total. The highest BCUT2D eigenvalue weighted by atomic mass is 32.1. The lowest BCUT2D eigenvalue weighted by Crippen LogP contribution is -2.42. The van der Waals surface area contributed by atoms with Crippen LogP contribution < -0.4 is 10.6 Å². The van der Waals surface area contributed by atoms with Crippen molar-refractivity contribution in [2.75, 3.05) is 11.9 Å². The minimum atomic E-state index is -1.06. The predicted molar refractivity (Wildman–Crippen MR) is 134 cm³/mol. The summed E-state index contributed by atoms with van der Waals surface area (Å²) in [6, 6.07) is 22.7. The van der Waals surface area contributed by atoms with Crippen molar-refractivity contribution in [3.63, 3.8) is 0 Å². The van der Waals surface area contributed by atoms with Crippen LogP contribution in [0.5, 0.6) is 0 Å². The number of amides is 4. The van der Waals surface area contributed by atoms with Gasteiger partial charge >= 0.3 is 6.03 Å². The number of thiazole rings is 1. The summed E-state index contributed by atoms with van der Waals surface area (Å²) in [6.45, 7) is -0.331. The van der Waals surface area contributed by atoms with Gasteiger partial charge in [-0.1, -0.05) is 48.5 Å². The van der Waals surface area contributed by atoms with Crippen molar-refractivity contribution >= 4 is 45.1 Å². The number of benzene rings is 3. The molecule has 3 aromatic carbocycles. The molecular formula is C27H22N4O3S. The normalized spacial score (nSPS) is 18.8. The van der Waals surface area contributed by atoms with E-state index in [0.717, 1.165) is 36.8 Å². The third-order valence-electron chi connectivity index (χ3n) is 6.66. The molecule has 1 spiro atoms. The number of rotatable bonds is 5. The van der Waals surface area contributed by atoms with Crippen LogP contribution in [0.3, 0.4) is 0 Å². The molecule has 7 nitrogen and oxygen atoms in total. The van der Waals surface area contributed by atoms with Crippen molar-refractivity contribution in [3.8, 4) is 0 Å². The molecule has 8 heteroatoms. The molecule has 1 saturated heterocycles. The second kappa shape index (κ2) is 8.32. The van der Waals surface area contributed by atoms with Gasteiger partial charge in [0.15, 0.2) is 0 Å². The average molecular weight is 483 g/mol. The first-order chi connectivity index (χ1) is 17.0. The molecule has 4 amide bonds. The molecule has 174 valence electrons. The lowest BCUT2D eigenvalue weighted by Gasteiger charge is -2.22. The SMILES string of the molecule is O=C(CN1C(=O)NC2(CCc3ccccc32)C1=O)Nc1ccc(Cc2nc3ccccc3s2)cc1. The molecule has 1 unspecified atom stereocenters. The first-order valence-corrected chi connectivity index (χ1v) is 12.3. The zero-order valence-electron chi connectivity index (χ0n) is 18.8. The number of urea groups is 1. The standard InChI is InChI=1S/C27H22N4O3S/c32-23(16-31-25(33)27(30-26(31)34)14-13-18-5-1-2-6-20(18)27)28-19-11-9-17(10-12-19)15-24-29-21-7-3-4-8-22(21)35-24/h1-12H,13-16H2,(H,28,32)(H,30,34). The number of imide groups is 1. The Morgan fingerprint density at radius 2 is 1.80 bits per heavy atom. The number of carbonyl (C=O) groups excluding carboxylic acids is 3. The number of hydrogen-bond acceptors (Lipinski definition) is 5. The zero-order chi connectivity index (χ0) is 24.0.